The second kappa shape index (κ2) is 6.24. The first kappa shape index (κ1) is 15.5. The predicted octanol–water partition coefficient (Wildman–Crippen LogP) is 3.44. The molecule has 2 rings (SSSR count). The highest BCUT2D eigenvalue weighted by Gasteiger charge is 2.36. The highest BCUT2D eigenvalue weighted by atomic mass is 79.9. The summed E-state index contributed by atoms with van der Waals surface area (Å²) in [7, 11) is -2.97. The SMILES string of the molecule is CCNC(c1cc(Br)sc1C)C1CCCCS1(=O)=O. The third-order valence-corrected chi connectivity index (χ3v) is 7.54. The lowest BCUT2D eigenvalue weighted by Gasteiger charge is -2.30. The number of thiophene rings is 1. The van der Waals surface area contributed by atoms with Crippen molar-refractivity contribution >= 4 is 37.1 Å². The van der Waals surface area contributed by atoms with E-state index >= 15 is 0 Å². The van der Waals surface area contributed by atoms with Crippen LogP contribution in [-0.2, 0) is 9.84 Å². The van der Waals surface area contributed by atoms with Crippen LogP contribution >= 0.6 is 27.3 Å². The van der Waals surface area contributed by atoms with Gasteiger partial charge in [-0.2, -0.15) is 0 Å². The van der Waals surface area contributed by atoms with E-state index in [4.69, 9.17) is 0 Å². The van der Waals surface area contributed by atoms with Crippen LogP contribution in [-0.4, -0.2) is 26.0 Å². The van der Waals surface area contributed by atoms with Gasteiger partial charge in [-0.25, -0.2) is 8.42 Å². The molecule has 0 spiro atoms. The van der Waals surface area contributed by atoms with Crippen molar-refractivity contribution in [2.24, 2.45) is 0 Å². The fraction of sp³-hybridized carbons (Fsp3) is 0.692. The molecule has 0 saturated carbocycles. The smallest absolute Gasteiger partial charge is 0.155 e. The molecule has 2 heterocycles. The summed E-state index contributed by atoms with van der Waals surface area (Å²) >= 11 is 5.17. The van der Waals surface area contributed by atoms with E-state index in [2.05, 4.69) is 34.2 Å². The van der Waals surface area contributed by atoms with E-state index in [1.807, 2.05) is 6.92 Å². The van der Waals surface area contributed by atoms with Crippen LogP contribution in [0.1, 0.15) is 42.7 Å². The molecule has 0 radical (unpaired) electrons. The average Bonchev–Trinajstić information content (AvgIpc) is 2.65. The molecule has 108 valence electrons. The summed E-state index contributed by atoms with van der Waals surface area (Å²) in [5.74, 6) is 0.337. The number of nitrogens with one attached hydrogen (secondary N) is 1. The van der Waals surface area contributed by atoms with Gasteiger partial charge in [-0.1, -0.05) is 13.3 Å². The Bertz CT molecular complexity index is 539. The van der Waals surface area contributed by atoms with E-state index in [9.17, 15) is 8.42 Å². The van der Waals surface area contributed by atoms with Gasteiger partial charge in [-0.05, 0) is 53.9 Å². The highest BCUT2D eigenvalue weighted by molar-refractivity contribution is 9.11. The zero-order valence-electron chi connectivity index (χ0n) is 11.3. The summed E-state index contributed by atoms with van der Waals surface area (Å²) in [5, 5.41) is 3.11. The zero-order chi connectivity index (χ0) is 14.0. The lowest BCUT2D eigenvalue weighted by Crippen LogP contribution is -2.40. The van der Waals surface area contributed by atoms with Crippen LogP contribution in [0.2, 0.25) is 0 Å². The van der Waals surface area contributed by atoms with Gasteiger partial charge in [0, 0.05) is 4.88 Å². The Morgan fingerprint density at radius 2 is 2.26 bits per heavy atom. The van der Waals surface area contributed by atoms with Gasteiger partial charge in [0.15, 0.2) is 9.84 Å². The molecule has 0 aliphatic carbocycles. The Morgan fingerprint density at radius 3 is 2.79 bits per heavy atom. The van der Waals surface area contributed by atoms with Crippen molar-refractivity contribution in [1.82, 2.24) is 5.32 Å². The van der Waals surface area contributed by atoms with Gasteiger partial charge in [-0.15, -0.1) is 11.3 Å². The molecule has 0 amide bonds. The number of hydrogen-bond donors (Lipinski definition) is 1. The van der Waals surface area contributed by atoms with E-state index in [1.54, 1.807) is 11.3 Å². The van der Waals surface area contributed by atoms with E-state index in [0.717, 1.165) is 35.2 Å². The third-order valence-electron chi connectivity index (χ3n) is 3.69. The molecule has 0 aromatic carbocycles. The van der Waals surface area contributed by atoms with Crippen molar-refractivity contribution in [1.29, 1.82) is 0 Å². The summed E-state index contributed by atoms with van der Waals surface area (Å²) in [6.45, 7) is 4.87. The number of hydrogen-bond acceptors (Lipinski definition) is 4. The molecule has 1 aliphatic rings. The zero-order valence-corrected chi connectivity index (χ0v) is 14.5. The molecule has 1 aromatic heterocycles. The first-order chi connectivity index (χ1) is 8.95. The summed E-state index contributed by atoms with van der Waals surface area (Å²) in [5.41, 5.74) is 1.13. The maximum absolute atomic E-state index is 12.3. The molecule has 0 bridgehead atoms. The monoisotopic (exact) mass is 365 g/mol. The molecular weight excluding hydrogens is 346 g/mol. The van der Waals surface area contributed by atoms with E-state index in [1.165, 1.54) is 4.88 Å². The van der Waals surface area contributed by atoms with Gasteiger partial charge in [0.05, 0.1) is 20.8 Å². The lowest BCUT2D eigenvalue weighted by atomic mass is 10.00. The number of sulfone groups is 1. The van der Waals surface area contributed by atoms with E-state index < -0.39 is 9.84 Å². The molecule has 19 heavy (non-hydrogen) atoms. The number of halogens is 1. The fourth-order valence-electron chi connectivity index (χ4n) is 2.78. The Hall–Kier alpha value is 0.0900. The molecule has 2 unspecified atom stereocenters. The van der Waals surface area contributed by atoms with Gasteiger partial charge >= 0.3 is 0 Å². The Kier molecular flexibility index (Phi) is 5.09. The van der Waals surface area contributed by atoms with Crippen LogP contribution in [0.5, 0.6) is 0 Å². The first-order valence-electron chi connectivity index (χ1n) is 6.66. The first-order valence-corrected chi connectivity index (χ1v) is 9.99. The van der Waals surface area contributed by atoms with E-state index in [-0.39, 0.29) is 11.3 Å². The van der Waals surface area contributed by atoms with Crippen LogP contribution in [0.4, 0.5) is 0 Å². The summed E-state index contributed by atoms with van der Waals surface area (Å²) in [4.78, 5) is 1.19. The third kappa shape index (κ3) is 3.40. The highest BCUT2D eigenvalue weighted by Crippen LogP contribution is 2.36. The molecular formula is C13H20BrNO2S2. The molecule has 1 saturated heterocycles. The topological polar surface area (TPSA) is 46.2 Å². The summed E-state index contributed by atoms with van der Waals surface area (Å²) < 4.78 is 25.7. The minimum absolute atomic E-state index is 0.0714. The van der Waals surface area contributed by atoms with Gasteiger partial charge in [0.1, 0.15) is 0 Å². The average molecular weight is 366 g/mol. The van der Waals surface area contributed by atoms with Crippen molar-refractivity contribution in [2.45, 2.75) is 44.4 Å². The minimum atomic E-state index is -2.97. The van der Waals surface area contributed by atoms with Crippen molar-refractivity contribution in [3.8, 4) is 0 Å². The minimum Gasteiger partial charge on any atom is -0.309 e. The van der Waals surface area contributed by atoms with Gasteiger partial charge in [0.2, 0.25) is 0 Å². The standard InChI is InChI=1S/C13H20BrNO2S2/c1-3-15-13(10-8-12(14)18-9(10)2)11-6-4-5-7-19(11,16)17/h8,11,13,15H,3-7H2,1-2H3. The molecule has 2 atom stereocenters. The van der Waals surface area contributed by atoms with Gasteiger partial charge in [0.25, 0.3) is 0 Å². The van der Waals surface area contributed by atoms with Crippen LogP contribution in [0, 0.1) is 6.92 Å². The molecule has 3 nitrogen and oxygen atoms in total. The van der Waals surface area contributed by atoms with Crippen molar-refractivity contribution < 1.29 is 8.42 Å². The summed E-state index contributed by atoms with van der Waals surface area (Å²) in [6.07, 6.45) is 2.59. The Morgan fingerprint density at radius 1 is 1.53 bits per heavy atom. The molecule has 1 N–H and O–H groups in total. The van der Waals surface area contributed by atoms with Crippen LogP contribution < -0.4 is 5.32 Å². The Balaban J connectivity index is 2.37. The number of rotatable bonds is 4. The van der Waals surface area contributed by atoms with Crippen molar-refractivity contribution in [2.75, 3.05) is 12.3 Å². The van der Waals surface area contributed by atoms with Crippen LogP contribution in [0.3, 0.4) is 0 Å². The second-order valence-electron chi connectivity index (χ2n) is 5.00. The largest absolute Gasteiger partial charge is 0.309 e. The molecule has 6 heteroatoms. The van der Waals surface area contributed by atoms with Gasteiger partial charge < -0.3 is 5.32 Å². The predicted molar refractivity (Wildman–Crippen MR) is 84.6 cm³/mol. The van der Waals surface area contributed by atoms with Crippen LogP contribution in [0.25, 0.3) is 0 Å². The fourth-order valence-corrected chi connectivity index (χ4v) is 6.63. The lowest BCUT2D eigenvalue weighted by molar-refractivity contribution is 0.454. The van der Waals surface area contributed by atoms with Crippen LogP contribution in [0.15, 0.2) is 9.85 Å². The maximum atomic E-state index is 12.3. The quantitative estimate of drug-likeness (QED) is 0.888. The maximum Gasteiger partial charge on any atom is 0.155 e. The molecule has 1 aromatic rings. The Labute approximate surface area is 127 Å². The normalized spacial score (nSPS) is 24.3. The second-order valence-corrected chi connectivity index (χ2v) is 9.97. The van der Waals surface area contributed by atoms with E-state index in [0.29, 0.717) is 5.75 Å². The number of aryl methyl sites for hydroxylation is 1. The molecule has 1 fully saturated rings. The summed E-state index contributed by atoms with van der Waals surface area (Å²) in [6, 6.07) is 2.00. The molecule has 1 aliphatic heterocycles. The van der Waals surface area contributed by atoms with Gasteiger partial charge in [-0.3, -0.25) is 0 Å². The van der Waals surface area contributed by atoms with Crippen molar-refractivity contribution in [3.05, 3.63) is 20.3 Å². The van der Waals surface area contributed by atoms with Crippen molar-refractivity contribution in [3.63, 3.8) is 0 Å².